The fourth-order valence-corrected chi connectivity index (χ4v) is 1.10. The Labute approximate surface area is 89.7 Å². The minimum atomic E-state index is -0.563. The number of benzene rings is 1. The molecule has 0 amide bonds. The second kappa shape index (κ2) is 6.40. The number of hydrogen-bond donors (Lipinski definition) is 1. The van der Waals surface area contributed by atoms with Crippen LogP contribution >= 0.6 is 12.4 Å². The zero-order valence-corrected chi connectivity index (χ0v) is 8.79. The minimum Gasteiger partial charge on any atom is -0.468 e. The van der Waals surface area contributed by atoms with Gasteiger partial charge >= 0.3 is 5.97 Å². The minimum absolute atomic E-state index is 0. The molecule has 0 heterocycles. The van der Waals surface area contributed by atoms with Crippen molar-refractivity contribution in [2.45, 2.75) is 12.5 Å². The molecule has 0 spiro atoms. The van der Waals surface area contributed by atoms with Crippen LogP contribution in [0.1, 0.15) is 5.56 Å². The van der Waals surface area contributed by atoms with Crippen LogP contribution in [0.4, 0.5) is 0 Å². The maximum Gasteiger partial charge on any atom is 0.322 e. The van der Waals surface area contributed by atoms with Crippen LogP contribution in [-0.4, -0.2) is 19.1 Å². The first-order valence-electron chi connectivity index (χ1n) is 4.11. The van der Waals surface area contributed by atoms with E-state index >= 15 is 0 Å². The first-order valence-corrected chi connectivity index (χ1v) is 4.11. The second-order valence-corrected chi connectivity index (χ2v) is 2.82. The summed E-state index contributed by atoms with van der Waals surface area (Å²) < 4.78 is 4.52. The van der Waals surface area contributed by atoms with Crippen LogP contribution in [0.5, 0.6) is 0 Å². The Bertz CT molecular complexity index is 277. The Kier molecular flexibility index (Phi) is 5.92. The van der Waals surface area contributed by atoms with Gasteiger partial charge in [0.1, 0.15) is 6.04 Å². The third kappa shape index (κ3) is 3.77. The average molecular weight is 216 g/mol. The van der Waals surface area contributed by atoms with Gasteiger partial charge < -0.3 is 10.5 Å². The SMILES string of the molecule is COC(=O)C(N)Cc1ccccc1.Cl. The summed E-state index contributed by atoms with van der Waals surface area (Å²) in [6.07, 6.45) is 0.521. The number of nitrogens with two attached hydrogens (primary N) is 1. The van der Waals surface area contributed by atoms with Gasteiger partial charge in [0.2, 0.25) is 0 Å². The Morgan fingerprint density at radius 2 is 2.00 bits per heavy atom. The van der Waals surface area contributed by atoms with Crippen molar-refractivity contribution in [1.82, 2.24) is 0 Å². The molecule has 0 bridgehead atoms. The van der Waals surface area contributed by atoms with Gasteiger partial charge in [-0.25, -0.2) is 0 Å². The monoisotopic (exact) mass is 215 g/mol. The molecular weight excluding hydrogens is 202 g/mol. The first kappa shape index (κ1) is 12.9. The largest absolute Gasteiger partial charge is 0.468 e. The fraction of sp³-hybridized carbons (Fsp3) is 0.300. The van der Waals surface area contributed by atoms with Crippen molar-refractivity contribution in [3.63, 3.8) is 0 Å². The Morgan fingerprint density at radius 3 is 2.50 bits per heavy atom. The van der Waals surface area contributed by atoms with E-state index < -0.39 is 6.04 Å². The van der Waals surface area contributed by atoms with Gasteiger partial charge in [0.15, 0.2) is 0 Å². The normalized spacial score (nSPS) is 11.3. The topological polar surface area (TPSA) is 52.3 Å². The average Bonchev–Trinajstić information content (AvgIpc) is 2.18. The maximum absolute atomic E-state index is 11.0. The van der Waals surface area contributed by atoms with E-state index in [4.69, 9.17) is 5.73 Å². The number of rotatable bonds is 3. The second-order valence-electron chi connectivity index (χ2n) is 2.82. The van der Waals surface area contributed by atoms with Gasteiger partial charge in [0.25, 0.3) is 0 Å². The highest BCUT2D eigenvalue weighted by molar-refractivity contribution is 5.85. The van der Waals surface area contributed by atoms with Crippen LogP contribution in [0.25, 0.3) is 0 Å². The maximum atomic E-state index is 11.0. The van der Waals surface area contributed by atoms with E-state index in [-0.39, 0.29) is 18.4 Å². The molecule has 4 heteroatoms. The molecule has 0 aromatic heterocycles. The standard InChI is InChI=1S/C10H13NO2.ClH/c1-13-10(12)9(11)7-8-5-3-2-4-6-8;/h2-6,9H,7,11H2,1H3;1H. The third-order valence-electron chi connectivity index (χ3n) is 1.80. The zero-order chi connectivity index (χ0) is 9.68. The van der Waals surface area contributed by atoms with Crippen LogP contribution in [0.2, 0.25) is 0 Å². The molecule has 0 saturated carbocycles. The molecule has 0 aliphatic carbocycles. The quantitative estimate of drug-likeness (QED) is 0.770. The van der Waals surface area contributed by atoms with E-state index in [1.807, 2.05) is 30.3 Å². The molecular formula is C10H14ClNO2. The zero-order valence-electron chi connectivity index (χ0n) is 7.97. The number of hydrogen-bond acceptors (Lipinski definition) is 3. The first-order chi connectivity index (χ1) is 6.24. The van der Waals surface area contributed by atoms with Crippen molar-refractivity contribution in [1.29, 1.82) is 0 Å². The number of methoxy groups -OCH3 is 1. The van der Waals surface area contributed by atoms with Gasteiger partial charge in [-0.15, -0.1) is 12.4 Å². The summed E-state index contributed by atoms with van der Waals surface area (Å²) in [4.78, 5) is 11.0. The van der Waals surface area contributed by atoms with Gasteiger partial charge in [0, 0.05) is 0 Å². The lowest BCUT2D eigenvalue weighted by atomic mass is 10.1. The van der Waals surface area contributed by atoms with E-state index in [0.717, 1.165) is 5.56 Å². The molecule has 0 aliphatic heterocycles. The van der Waals surface area contributed by atoms with Crippen molar-refractivity contribution in [3.8, 4) is 0 Å². The summed E-state index contributed by atoms with van der Waals surface area (Å²) in [6.45, 7) is 0. The molecule has 14 heavy (non-hydrogen) atoms. The van der Waals surface area contributed by atoms with Gasteiger partial charge in [0.05, 0.1) is 7.11 Å². The number of ether oxygens (including phenoxy) is 1. The number of carbonyl (C=O) groups is 1. The molecule has 0 saturated heterocycles. The van der Waals surface area contributed by atoms with Crippen LogP contribution in [0, 0.1) is 0 Å². The highest BCUT2D eigenvalue weighted by atomic mass is 35.5. The Morgan fingerprint density at radius 1 is 1.43 bits per heavy atom. The molecule has 2 N–H and O–H groups in total. The van der Waals surface area contributed by atoms with Crippen molar-refractivity contribution >= 4 is 18.4 Å². The molecule has 1 atom stereocenters. The highest BCUT2D eigenvalue weighted by Crippen LogP contribution is 2.02. The summed E-state index contributed by atoms with van der Waals surface area (Å²) in [7, 11) is 1.34. The molecule has 1 aromatic rings. The number of esters is 1. The third-order valence-corrected chi connectivity index (χ3v) is 1.80. The van der Waals surface area contributed by atoms with Crippen molar-refractivity contribution in [3.05, 3.63) is 35.9 Å². The van der Waals surface area contributed by atoms with Crippen molar-refractivity contribution in [2.24, 2.45) is 5.73 Å². The molecule has 3 nitrogen and oxygen atoms in total. The van der Waals surface area contributed by atoms with E-state index in [0.29, 0.717) is 6.42 Å². The predicted molar refractivity (Wildman–Crippen MR) is 57.4 cm³/mol. The summed E-state index contributed by atoms with van der Waals surface area (Å²) in [6, 6.07) is 9.06. The van der Waals surface area contributed by atoms with E-state index in [1.165, 1.54) is 7.11 Å². The van der Waals surface area contributed by atoms with Crippen LogP contribution in [0.15, 0.2) is 30.3 Å². The van der Waals surface area contributed by atoms with Gasteiger partial charge in [-0.3, -0.25) is 4.79 Å². The van der Waals surface area contributed by atoms with Gasteiger partial charge in [-0.1, -0.05) is 30.3 Å². The predicted octanol–water partition coefficient (Wildman–Crippen LogP) is 1.15. The van der Waals surface area contributed by atoms with E-state index in [9.17, 15) is 4.79 Å². The van der Waals surface area contributed by atoms with Gasteiger partial charge in [-0.05, 0) is 12.0 Å². The van der Waals surface area contributed by atoms with Crippen molar-refractivity contribution < 1.29 is 9.53 Å². The Hall–Kier alpha value is -1.06. The van der Waals surface area contributed by atoms with Crippen molar-refractivity contribution in [2.75, 3.05) is 7.11 Å². The molecule has 1 unspecified atom stereocenters. The molecule has 1 rings (SSSR count). The molecule has 1 aromatic carbocycles. The Balaban J connectivity index is 0.00000169. The summed E-state index contributed by atoms with van der Waals surface area (Å²) in [5.41, 5.74) is 6.63. The van der Waals surface area contributed by atoms with E-state index in [2.05, 4.69) is 4.74 Å². The summed E-state index contributed by atoms with van der Waals surface area (Å²) in [5, 5.41) is 0. The molecule has 78 valence electrons. The molecule has 0 aliphatic rings. The highest BCUT2D eigenvalue weighted by Gasteiger charge is 2.13. The lowest BCUT2D eigenvalue weighted by Gasteiger charge is -2.08. The molecule has 0 fully saturated rings. The molecule has 0 radical (unpaired) electrons. The number of halogens is 1. The number of carbonyl (C=O) groups excluding carboxylic acids is 1. The smallest absolute Gasteiger partial charge is 0.322 e. The van der Waals surface area contributed by atoms with E-state index in [1.54, 1.807) is 0 Å². The summed E-state index contributed by atoms with van der Waals surface area (Å²) in [5.74, 6) is -0.371. The van der Waals surface area contributed by atoms with Crippen LogP contribution in [-0.2, 0) is 16.0 Å². The van der Waals surface area contributed by atoms with Gasteiger partial charge in [-0.2, -0.15) is 0 Å². The van der Waals surface area contributed by atoms with Crippen LogP contribution < -0.4 is 5.73 Å². The lowest BCUT2D eigenvalue weighted by molar-refractivity contribution is -0.142. The summed E-state index contributed by atoms with van der Waals surface area (Å²) >= 11 is 0. The van der Waals surface area contributed by atoms with Crippen LogP contribution in [0.3, 0.4) is 0 Å². The lowest BCUT2D eigenvalue weighted by Crippen LogP contribution is -2.33. The fourth-order valence-electron chi connectivity index (χ4n) is 1.10.